The summed E-state index contributed by atoms with van der Waals surface area (Å²) < 4.78 is 33.5. The fourth-order valence-electron chi connectivity index (χ4n) is 1.72. The maximum atomic E-state index is 12.1. The van der Waals surface area contributed by atoms with Crippen molar-refractivity contribution in [3.8, 4) is 11.5 Å². The molecule has 0 fully saturated rings. The minimum absolute atomic E-state index is 0.0371. The lowest BCUT2D eigenvalue weighted by Crippen LogP contribution is -1.98. The van der Waals surface area contributed by atoms with Crippen LogP contribution in [0.25, 0.3) is 0 Å². The molecule has 0 aliphatic carbocycles. The summed E-state index contributed by atoms with van der Waals surface area (Å²) in [6.45, 7) is 2.16. The second-order valence-corrected chi connectivity index (χ2v) is 6.79. The number of halogens is 1. The second-order valence-electron chi connectivity index (χ2n) is 4.31. The van der Waals surface area contributed by atoms with Crippen LogP contribution in [0.5, 0.6) is 11.5 Å². The van der Waals surface area contributed by atoms with Gasteiger partial charge in [0, 0.05) is 6.21 Å². The van der Waals surface area contributed by atoms with Gasteiger partial charge in [0.2, 0.25) is 0 Å². The van der Waals surface area contributed by atoms with Gasteiger partial charge >= 0.3 is 0 Å². The van der Waals surface area contributed by atoms with E-state index in [4.69, 9.17) is 4.74 Å². The normalized spacial score (nSPS) is 11.7. The van der Waals surface area contributed by atoms with E-state index in [1.165, 1.54) is 24.4 Å². The van der Waals surface area contributed by atoms with Crippen molar-refractivity contribution in [1.29, 1.82) is 0 Å². The van der Waals surface area contributed by atoms with Crippen molar-refractivity contribution in [2.45, 2.75) is 11.8 Å². The number of nitrogens with zero attached hydrogens (tertiary/aromatic N) is 1. The number of hydrogen-bond acceptors (Lipinski definition) is 4. The van der Waals surface area contributed by atoms with Crippen LogP contribution in [0.2, 0.25) is 0 Å². The first-order valence-electron chi connectivity index (χ1n) is 6.44. The SMILES string of the molecule is CCOc1cc(/C=N\S(=O)(=O)c2ccccc2)cc(Br)c1O. The molecule has 0 bridgehead atoms. The van der Waals surface area contributed by atoms with Gasteiger partial charge in [-0.3, -0.25) is 0 Å². The van der Waals surface area contributed by atoms with E-state index in [1.54, 1.807) is 31.2 Å². The van der Waals surface area contributed by atoms with Crippen molar-refractivity contribution in [2.75, 3.05) is 6.61 Å². The highest BCUT2D eigenvalue weighted by atomic mass is 79.9. The number of hydrogen-bond donors (Lipinski definition) is 1. The molecule has 1 N–H and O–H groups in total. The van der Waals surface area contributed by atoms with Crippen molar-refractivity contribution >= 4 is 32.2 Å². The van der Waals surface area contributed by atoms with Crippen molar-refractivity contribution in [2.24, 2.45) is 4.40 Å². The standard InChI is InChI=1S/C15H14BrNO4S/c1-2-21-14-9-11(8-13(16)15(14)18)10-17-22(19,20)12-6-4-3-5-7-12/h3-10,18H,2H2,1H3/b17-10-. The highest BCUT2D eigenvalue weighted by Gasteiger charge is 2.12. The number of aromatic hydroxyl groups is 1. The Labute approximate surface area is 137 Å². The second kappa shape index (κ2) is 6.93. The Balaban J connectivity index is 2.34. The highest BCUT2D eigenvalue weighted by Crippen LogP contribution is 2.35. The van der Waals surface area contributed by atoms with Crippen molar-refractivity contribution in [3.05, 3.63) is 52.5 Å². The van der Waals surface area contributed by atoms with Crippen LogP contribution >= 0.6 is 15.9 Å². The van der Waals surface area contributed by atoms with Crippen LogP contribution in [0.1, 0.15) is 12.5 Å². The predicted octanol–water partition coefficient (Wildman–Crippen LogP) is 3.36. The topological polar surface area (TPSA) is 76.0 Å². The average Bonchev–Trinajstić information content (AvgIpc) is 2.51. The summed E-state index contributed by atoms with van der Waals surface area (Å²) in [5.74, 6) is 0.223. The van der Waals surface area contributed by atoms with E-state index in [0.717, 1.165) is 0 Å². The number of phenolic OH excluding ortho intramolecular Hbond substituents is 1. The average molecular weight is 384 g/mol. The third kappa shape index (κ3) is 3.86. The van der Waals surface area contributed by atoms with Crippen LogP contribution in [0, 0.1) is 0 Å². The Morgan fingerprint density at radius 3 is 2.59 bits per heavy atom. The Bertz CT molecular complexity index is 789. The maximum Gasteiger partial charge on any atom is 0.282 e. The molecule has 0 spiro atoms. The van der Waals surface area contributed by atoms with Crippen LogP contribution in [-0.2, 0) is 10.0 Å². The molecule has 2 aromatic rings. The maximum absolute atomic E-state index is 12.1. The van der Waals surface area contributed by atoms with Gasteiger partial charge in [0.05, 0.1) is 16.0 Å². The lowest BCUT2D eigenvalue weighted by molar-refractivity contribution is 0.317. The number of ether oxygens (including phenoxy) is 1. The molecule has 2 rings (SSSR count). The third-order valence-electron chi connectivity index (χ3n) is 2.73. The molecule has 0 amide bonds. The lowest BCUT2D eigenvalue weighted by Gasteiger charge is -2.08. The molecular weight excluding hydrogens is 370 g/mol. The number of rotatable bonds is 5. The molecule has 7 heteroatoms. The van der Waals surface area contributed by atoms with E-state index in [9.17, 15) is 13.5 Å². The van der Waals surface area contributed by atoms with E-state index in [2.05, 4.69) is 20.3 Å². The summed E-state index contributed by atoms with van der Waals surface area (Å²) in [7, 11) is -3.76. The van der Waals surface area contributed by atoms with Gasteiger partial charge in [-0.1, -0.05) is 18.2 Å². The molecular formula is C15H14BrNO4S. The number of phenols is 1. The molecule has 0 atom stereocenters. The quantitative estimate of drug-likeness (QED) is 0.803. The first-order chi connectivity index (χ1) is 10.4. The molecule has 0 aliphatic heterocycles. The molecule has 116 valence electrons. The summed E-state index contributed by atoms with van der Waals surface area (Å²) >= 11 is 3.19. The summed E-state index contributed by atoms with van der Waals surface area (Å²) in [5.41, 5.74) is 0.493. The van der Waals surface area contributed by atoms with Gasteiger partial charge in [0.15, 0.2) is 11.5 Å². The van der Waals surface area contributed by atoms with Gasteiger partial charge in [0.25, 0.3) is 10.0 Å². The summed E-state index contributed by atoms with van der Waals surface area (Å²) in [4.78, 5) is 0.120. The minimum atomic E-state index is -3.76. The van der Waals surface area contributed by atoms with E-state index < -0.39 is 10.0 Å². The van der Waals surface area contributed by atoms with Gasteiger partial charge in [-0.15, -0.1) is 0 Å². The van der Waals surface area contributed by atoms with E-state index in [-0.39, 0.29) is 16.4 Å². The monoisotopic (exact) mass is 383 g/mol. The number of benzene rings is 2. The molecule has 5 nitrogen and oxygen atoms in total. The lowest BCUT2D eigenvalue weighted by atomic mass is 10.2. The molecule has 0 unspecified atom stereocenters. The Kier molecular flexibility index (Phi) is 5.20. The van der Waals surface area contributed by atoms with Crippen LogP contribution < -0.4 is 4.74 Å². The zero-order chi connectivity index (χ0) is 16.2. The highest BCUT2D eigenvalue weighted by molar-refractivity contribution is 9.10. The molecule has 0 saturated carbocycles. The van der Waals surface area contributed by atoms with E-state index in [1.807, 2.05) is 0 Å². The Morgan fingerprint density at radius 1 is 1.27 bits per heavy atom. The third-order valence-corrected chi connectivity index (χ3v) is 4.59. The molecule has 0 aliphatic rings. The molecule has 0 heterocycles. The summed E-state index contributed by atoms with van der Waals surface area (Å²) in [6.07, 6.45) is 1.22. The Morgan fingerprint density at radius 2 is 1.95 bits per heavy atom. The minimum Gasteiger partial charge on any atom is -0.503 e. The molecule has 22 heavy (non-hydrogen) atoms. The van der Waals surface area contributed by atoms with Crippen LogP contribution in [0.3, 0.4) is 0 Å². The summed E-state index contributed by atoms with van der Waals surface area (Å²) in [6, 6.07) is 11.0. The largest absolute Gasteiger partial charge is 0.503 e. The van der Waals surface area contributed by atoms with Crippen molar-refractivity contribution in [3.63, 3.8) is 0 Å². The van der Waals surface area contributed by atoms with Gasteiger partial charge in [-0.25, -0.2) is 0 Å². The molecule has 0 aromatic heterocycles. The van der Waals surface area contributed by atoms with Crippen molar-refractivity contribution in [1.82, 2.24) is 0 Å². The van der Waals surface area contributed by atoms with Crippen LogP contribution in [0.15, 0.2) is 56.2 Å². The molecule has 0 saturated heterocycles. The first-order valence-corrected chi connectivity index (χ1v) is 8.68. The van der Waals surface area contributed by atoms with E-state index >= 15 is 0 Å². The zero-order valence-electron chi connectivity index (χ0n) is 11.7. The van der Waals surface area contributed by atoms with Gasteiger partial charge in [0.1, 0.15) is 0 Å². The predicted molar refractivity (Wildman–Crippen MR) is 88.2 cm³/mol. The molecule has 2 aromatic carbocycles. The van der Waals surface area contributed by atoms with Crippen LogP contribution in [-0.4, -0.2) is 26.3 Å². The number of sulfonamides is 1. The Hall–Kier alpha value is -1.86. The molecule has 0 radical (unpaired) electrons. The van der Waals surface area contributed by atoms with Gasteiger partial charge in [-0.05, 0) is 52.7 Å². The fraction of sp³-hybridized carbons (Fsp3) is 0.133. The van der Waals surface area contributed by atoms with Crippen molar-refractivity contribution < 1.29 is 18.3 Å². The first kappa shape index (κ1) is 16.5. The summed E-state index contributed by atoms with van der Waals surface area (Å²) in [5, 5.41) is 9.82. The zero-order valence-corrected chi connectivity index (χ0v) is 14.1. The van der Waals surface area contributed by atoms with Gasteiger partial charge in [-0.2, -0.15) is 12.8 Å². The van der Waals surface area contributed by atoms with Gasteiger partial charge < -0.3 is 9.84 Å². The van der Waals surface area contributed by atoms with E-state index in [0.29, 0.717) is 16.6 Å². The fourth-order valence-corrected chi connectivity index (χ4v) is 3.06. The smallest absolute Gasteiger partial charge is 0.282 e. The van der Waals surface area contributed by atoms with Crippen LogP contribution in [0.4, 0.5) is 0 Å².